The molecule has 2 N–H and O–H groups in total. The Morgan fingerprint density at radius 3 is 2.62 bits per heavy atom. The first-order valence-corrected chi connectivity index (χ1v) is 10.7. The van der Waals surface area contributed by atoms with Crippen LogP contribution in [-0.2, 0) is 11.3 Å². The molecule has 0 spiro atoms. The molecule has 3 amide bonds. The minimum Gasteiger partial charge on any atom is -0.353 e. The summed E-state index contributed by atoms with van der Waals surface area (Å²) in [6.07, 6.45) is 0. The zero-order valence-electron chi connectivity index (χ0n) is 18.6. The number of rotatable bonds is 7. The van der Waals surface area contributed by atoms with Crippen LogP contribution in [0.1, 0.15) is 11.1 Å². The van der Waals surface area contributed by atoms with Crippen LogP contribution in [0.25, 0.3) is 0 Å². The minimum absolute atomic E-state index is 0.162. The number of carbonyl (C=O) groups is 2. The standard InChI is InChI=1S/C24H30N6O2/c1-28(2)12-11-26-23(31)22-18-29(17-19-7-4-3-5-8-19)13-14-30(22)24(32)27-21-10-6-9-20(15-21)16-25/h3-10,15,22H,11-14,17-18H2,1-2H3,(H,26,31)(H,27,32). The van der Waals surface area contributed by atoms with Gasteiger partial charge in [-0.1, -0.05) is 36.4 Å². The van der Waals surface area contributed by atoms with E-state index in [-0.39, 0.29) is 11.9 Å². The first kappa shape index (κ1) is 23.3. The number of nitrogens with one attached hydrogen (secondary N) is 2. The van der Waals surface area contributed by atoms with Crippen molar-refractivity contribution in [3.05, 3.63) is 65.7 Å². The molecule has 3 rings (SSSR count). The molecule has 2 aromatic rings. The van der Waals surface area contributed by atoms with Crippen LogP contribution in [0, 0.1) is 11.3 Å². The lowest BCUT2D eigenvalue weighted by molar-refractivity contribution is -0.127. The Hall–Kier alpha value is -3.41. The molecule has 32 heavy (non-hydrogen) atoms. The molecule has 8 heteroatoms. The molecule has 1 atom stereocenters. The highest BCUT2D eigenvalue weighted by Gasteiger charge is 2.35. The number of nitrogens with zero attached hydrogens (tertiary/aromatic N) is 4. The van der Waals surface area contributed by atoms with Gasteiger partial charge in [-0.25, -0.2) is 4.79 Å². The van der Waals surface area contributed by atoms with Crippen LogP contribution in [0.2, 0.25) is 0 Å². The topological polar surface area (TPSA) is 91.7 Å². The third-order valence-corrected chi connectivity index (χ3v) is 5.38. The summed E-state index contributed by atoms with van der Waals surface area (Å²) in [6.45, 7) is 3.51. The molecular formula is C24H30N6O2. The number of amides is 3. The fourth-order valence-electron chi connectivity index (χ4n) is 3.67. The lowest BCUT2D eigenvalue weighted by atomic mass is 10.1. The van der Waals surface area contributed by atoms with Gasteiger partial charge in [0.25, 0.3) is 0 Å². The van der Waals surface area contributed by atoms with Crippen molar-refractivity contribution in [2.24, 2.45) is 0 Å². The van der Waals surface area contributed by atoms with Crippen molar-refractivity contribution in [2.75, 3.05) is 52.1 Å². The van der Waals surface area contributed by atoms with E-state index in [9.17, 15) is 9.59 Å². The van der Waals surface area contributed by atoms with Crippen LogP contribution >= 0.6 is 0 Å². The molecule has 1 heterocycles. The average molecular weight is 435 g/mol. The van der Waals surface area contributed by atoms with Crippen molar-refractivity contribution >= 4 is 17.6 Å². The van der Waals surface area contributed by atoms with E-state index in [1.54, 1.807) is 29.2 Å². The second-order valence-electron chi connectivity index (χ2n) is 8.15. The Kier molecular flexibility index (Phi) is 8.20. The molecule has 8 nitrogen and oxygen atoms in total. The maximum absolute atomic E-state index is 13.1. The fraction of sp³-hybridized carbons (Fsp3) is 0.375. The average Bonchev–Trinajstić information content (AvgIpc) is 2.79. The molecule has 1 fully saturated rings. The van der Waals surface area contributed by atoms with E-state index in [4.69, 9.17) is 5.26 Å². The highest BCUT2D eigenvalue weighted by Crippen LogP contribution is 2.17. The summed E-state index contributed by atoms with van der Waals surface area (Å²) in [5.74, 6) is -0.162. The highest BCUT2D eigenvalue weighted by molar-refractivity contribution is 5.94. The van der Waals surface area contributed by atoms with Crippen molar-refractivity contribution in [3.63, 3.8) is 0 Å². The Balaban J connectivity index is 1.71. The third kappa shape index (κ3) is 6.54. The van der Waals surface area contributed by atoms with Crippen LogP contribution in [0.4, 0.5) is 10.5 Å². The Bertz CT molecular complexity index is 956. The maximum Gasteiger partial charge on any atom is 0.322 e. The van der Waals surface area contributed by atoms with Gasteiger partial charge in [-0.2, -0.15) is 5.26 Å². The van der Waals surface area contributed by atoms with Gasteiger partial charge >= 0.3 is 6.03 Å². The number of carbonyl (C=O) groups excluding carboxylic acids is 2. The van der Waals surface area contributed by atoms with E-state index < -0.39 is 6.04 Å². The Morgan fingerprint density at radius 2 is 1.91 bits per heavy atom. The number of nitriles is 1. The SMILES string of the molecule is CN(C)CCNC(=O)C1CN(Cc2ccccc2)CCN1C(=O)Nc1cccc(C#N)c1. The van der Waals surface area contributed by atoms with E-state index >= 15 is 0 Å². The van der Waals surface area contributed by atoms with Crippen molar-refractivity contribution in [1.29, 1.82) is 5.26 Å². The summed E-state index contributed by atoms with van der Waals surface area (Å²) >= 11 is 0. The van der Waals surface area contributed by atoms with Gasteiger partial charge in [0, 0.05) is 45.0 Å². The molecular weight excluding hydrogens is 404 g/mol. The number of hydrogen-bond donors (Lipinski definition) is 2. The molecule has 1 aliphatic rings. The molecule has 1 saturated heterocycles. The van der Waals surface area contributed by atoms with Crippen LogP contribution in [0.5, 0.6) is 0 Å². The highest BCUT2D eigenvalue weighted by atomic mass is 16.2. The van der Waals surface area contributed by atoms with E-state index in [1.807, 2.05) is 37.2 Å². The third-order valence-electron chi connectivity index (χ3n) is 5.38. The van der Waals surface area contributed by atoms with Gasteiger partial charge in [-0.05, 0) is 37.9 Å². The second-order valence-corrected chi connectivity index (χ2v) is 8.15. The van der Waals surface area contributed by atoms with Crippen molar-refractivity contribution < 1.29 is 9.59 Å². The second kappa shape index (κ2) is 11.3. The Labute approximate surface area is 189 Å². The molecule has 1 unspecified atom stereocenters. The molecule has 0 aromatic heterocycles. The predicted octanol–water partition coefficient (Wildman–Crippen LogP) is 1.95. The molecule has 168 valence electrons. The van der Waals surface area contributed by atoms with Gasteiger partial charge in [0.2, 0.25) is 5.91 Å². The summed E-state index contributed by atoms with van der Waals surface area (Å²) in [4.78, 5) is 31.9. The van der Waals surface area contributed by atoms with Gasteiger partial charge in [0.1, 0.15) is 6.04 Å². The monoisotopic (exact) mass is 434 g/mol. The summed E-state index contributed by atoms with van der Waals surface area (Å²) < 4.78 is 0. The molecule has 0 aliphatic carbocycles. The molecule has 2 aromatic carbocycles. The number of urea groups is 1. The van der Waals surface area contributed by atoms with Crippen LogP contribution in [0.15, 0.2) is 54.6 Å². The summed E-state index contributed by atoms with van der Waals surface area (Å²) in [6, 6.07) is 18.0. The number of anilines is 1. The number of piperazine rings is 1. The maximum atomic E-state index is 13.1. The van der Waals surface area contributed by atoms with Crippen molar-refractivity contribution in [3.8, 4) is 6.07 Å². The summed E-state index contributed by atoms with van der Waals surface area (Å²) in [7, 11) is 3.90. The quantitative estimate of drug-likeness (QED) is 0.695. The molecule has 0 radical (unpaired) electrons. The van der Waals surface area contributed by atoms with Gasteiger partial charge < -0.3 is 20.4 Å². The minimum atomic E-state index is -0.603. The molecule has 0 saturated carbocycles. The van der Waals surface area contributed by atoms with Gasteiger partial charge in [0.15, 0.2) is 0 Å². The zero-order chi connectivity index (χ0) is 22.9. The summed E-state index contributed by atoms with van der Waals surface area (Å²) in [5.41, 5.74) is 2.17. The fourth-order valence-corrected chi connectivity index (χ4v) is 3.67. The van der Waals surface area contributed by atoms with E-state index in [0.29, 0.717) is 37.4 Å². The summed E-state index contributed by atoms with van der Waals surface area (Å²) in [5, 5.41) is 14.9. The number of likely N-dealkylation sites (N-methyl/N-ethyl adjacent to an activating group) is 1. The smallest absolute Gasteiger partial charge is 0.322 e. The van der Waals surface area contributed by atoms with Crippen LogP contribution < -0.4 is 10.6 Å². The van der Waals surface area contributed by atoms with E-state index in [0.717, 1.165) is 13.1 Å². The lowest BCUT2D eigenvalue weighted by Crippen LogP contribution is -2.61. The first-order valence-electron chi connectivity index (χ1n) is 10.7. The Morgan fingerprint density at radius 1 is 1.12 bits per heavy atom. The van der Waals surface area contributed by atoms with Crippen molar-refractivity contribution in [2.45, 2.75) is 12.6 Å². The first-order chi connectivity index (χ1) is 15.5. The van der Waals surface area contributed by atoms with E-state index in [1.165, 1.54) is 5.56 Å². The van der Waals surface area contributed by atoms with Gasteiger partial charge in [-0.15, -0.1) is 0 Å². The number of hydrogen-bond acceptors (Lipinski definition) is 5. The predicted molar refractivity (Wildman–Crippen MR) is 124 cm³/mol. The van der Waals surface area contributed by atoms with Crippen LogP contribution in [0.3, 0.4) is 0 Å². The molecule has 1 aliphatic heterocycles. The normalized spacial score (nSPS) is 16.4. The van der Waals surface area contributed by atoms with Crippen molar-refractivity contribution in [1.82, 2.24) is 20.0 Å². The van der Waals surface area contributed by atoms with Crippen LogP contribution in [-0.4, -0.2) is 79.5 Å². The lowest BCUT2D eigenvalue weighted by Gasteiger charge is -2.40. The van der Waals surface area contributed by atoms with Gasteiger partial charge in [-0.3, -0.25) is 9.69 Å². The largest absolute Gasteiger partial charge is 0.353 e. The zero-order valence-corrected chi connectivity index (χ0v) is 18.6. The van der Waals surface area contributed by atoms with E-state index in [2.05, 4.69) is 33.7 Å². The van der Waals surface area contributed by atoms with Gasteiger partial charge in [0.05, 0.1) is 11.6 Å². The number of benzene rings is 2. The molecule has 0 bridgehead atoms.